The fourth-order valence-corrected chi connectivity index (χ4v) is 4.98. The number of hydrogen-bond donors (Lipinski definition) is 1. The summed E-state index contributed by atoms with van der Waals surface area (Å²) in [5, 5.41) is 4.30. The maximum absolute atomic E-state index is 13.1. The van der Waals surface area contributed by atoms with E-state index in [1.54, 1.807) is 49.1 Å². The molecule has 8 nitrogen and oxygen atoms in total. The molecule has 1 aliphatic heterocycles. The average Bonchev–Trinajstić information content (AvgIpc) is 3.42. The number of nitrogens with one attached hydrogen (secondary N) is 1. The highest BCUT2D eigenvalue weighted by Gasteiger charge is 2.26. The van der Waals surface area contributed by atoms with Crippen molar-refractivity contribution >= 4 is 33.2 Å². The lowest BCUT2D eigenvalue weighted by Crippen LogP contribution is -2.27. The molecule has 2 aromatic carbocycles. The molecule has 31 heavy (non-hydrogen) atoms. The number of carbonyl (C=O) groups is 1. The number of carbonyl (C=O) groups excluding carboxylic acids is 1. The number of aromatic nitrogens is 2. The van der Waals surface area contributed by atoms with Crippen molar-refractivity contribution in [3.63, 3.8) is 0 Å². The van der Waals surface area contributed by atoms with Crippen LogP contribution in [0.25, 0.3) is 11.4 Å². The number of rotatable bonds is 5. The van der Waals surface area contributed by atoms with Gasteiger partial charge in [0.2, 0.25) is 5.82 Å². The predicted octanol–water partition coefficient (Wildman–Crippen LogP) is 4.04. The third-order valence-corrected chi connectivity index (χ3v) is 6.92. The molecule has 0 radical (unpaired) electrons. The molecule has 1 saturated heterocycles. The Balaban J connectivity index is 1.64. The highest BCUT2D eigenvalue weighted by Crippen LogP contribution is 2.28. The second kappa shape index (κ2) is 8.32. The van der Waals surface area contributed by atoms with E-state index in [1.807, 2.05) is 0 Å². The van der Waals surface area contributed by atoms with E-state index in [2.05, 4.69) is 14.9 Å². The molecule has 0 unspecified atom stereocenters. The van der Waals surface area contributed by atoms with Crippen molar-refractivity contribution in [2.75, 3.05) is 17.8 Å². The summed E-state index contributed by atoms with van der Waals surface area (Å²) in [6.07, 6.45) is 1.90. The van der Waals surface area contributed by atoms with E-state index < -0.39 is 10.0 Å². The second-order valence-electron chi connectivity index (χ2n) is 7.47. The van der Waals surface area contributed by atoms with Crippen molar-refractivity contribution in [1.82, 2.24) is 15.0 Å². The van der Waals surface area contributed by atoms with Crippen LogP contribution in [0.4, 0.5) is 5.69 Å². The smallest absolute Gasteiger partial charge is 0.316 e. The van der Waals surface area contributed by atoms with Gasteiger partial charge in [-0.3, -0.25) is 9.52 Å². The lowest BCUT2D eigenvalue weighted by atomic mass is 10.1. The van der Waals surface area contributed by atoms with E-state index in [0.29, 0.717) is 34.9 Å². The minimum Gasteiger partial charge on any atom is -0.334 e. The van der Waals surface area contributed by atoms with Crippen LogP contribution in [0.15, 0.2) is 45.8 Å². The van der Waals surface area contributed by atoms with Crippen LogP contribution in [-0.2, 0) is 10.0 Å². The lowest BCUT2D eigenvalue weighted by molar-refractivity contribution is 0.0743. The van der Waals surface area contributed by atoms with Gasteiger partial charge >= 0.3 is 11.8 Å². The molecule has 1 fully saturated rings. The predicted molar refractivity (Wildman–Crippen MR) is 117 cm³/mol. The molecule has 1 amide bonds. The number of likely N-dealkylation sites (tertiary alicyclic amines) is 1. The zero-order valence-electron chi connectivity index (χ0n) is 17.1. The molecule has 1 aliphatic rings. The van der Waals surface area contributed by atoms with Gasteiger partial charge < -0.3 is 9.42 Å². The Morgan fingerprint density at radius 1 is 1.10 bits per heavy atom. The van der Waals surface area contributed by atoms with Crippen LogP contribution in [0.3, 0.4) is 0 Å². The minimum atomic E-state index is -3.91. The summed E-state index contributed by atoms with van der Waals surface area (Å²) >= 11 is 6.01. The SMILES string of the molecule is Cc1ccc(Cl)cc1NS(=O)(=O)c1cc(-c2noc(C(=O)N3CCCC3)n2)ccc1C. The normalized spacial score (nSPS) is 14.1. The van der Waals surface area contributed by atoms with Crippen LogP contribution in [0.1, 0.15) is 34.7 Å². The van der Waals surface area contributed by atoms with Crippen LogP contribution in [0, 0.1) is 13.8 Å². The molecule has 3 aromatic rings. The lowest BCUT2D eigenvalue weighted by Gasteiger charge is -2.13. The first-order chi connectivity index (χ1) is 14.7. The third kappa shape index (κ3) is 4.42. The maximum atomic E-state index is 13.1. The van der Waals surface area contributed by atoms with Gasteiger partial charge in [0.05, 0.1) is 10.6 Å². The first-order valence-electron chi connectivity index (χ1n) is 9.77. The van der Waals surface area contributed by atoms with Crippen LogP contribution in [0.5, 0.6) is 0 Å². The molecule has 4 rings (SSSR count). The zero-order valence-corrected chi connectivity index (χ0v) is 18.6. The van der Waals surface area contributed by atoms with E-state index in [4.69, 9.17) is 16.1 Å². The number of hydrogen-bond acceptors (Lipinski definition) is 6. The van der Waals surface area contributed by atoms with Gasteiger partial charge in [0, 0.05) is 23.7 Å². The van der Waals surface area contributed by atoms with E-state index in [0.717, 1.165) is 18.4 Å². The fourth-order valence-electron chi connectivity index (χ4n) is 3.42. The first kappa shape index (κ1) is 21.3. The van der Waals surface area contributed by atoms with Crippen molar-refractivity contribution in [3.8, 4) is 11.4 Å². The summed E-state index contributed by atoms with van der Waals surface area (Å²) in [4.78, 5) is 18.4. The number of halogens is 1. The van der Waals surface area contributed by atoms with Crippen molar-refractivity contribution in [2.24, 2.45) is 0 Å². The van der Waals surface area contributed by atoms with Crippen molar-refractivity contribution < 1.29 is 17.7 Å². The molecule has 1 N–H and O–H groups in total. The van der Waals surface area contributed by atoms with Crippen molar-refractivity contribution in [3.05, 3.63) is 58.4 Å². The first-order valence-corrected chi connectivity index (χ1v) is 11.6. The topological polar surface area (TPSA) is 105 Å². The Morgan fingerprint density at radius 3 is 2.55 bits per heavy atom. The molecule has 2 heterocycles. The molecule has 162 valence electrons. The zero-order chi connectivity index (χ0) is 22.2. The monoisotopic (exact) mass is 460 g/mol. The molecule has 1 aromatic heterocycles. The van der Waals surface area contributed by atoms with Gasteiger partial charge in [-0.2, -0.15) is 4.98 Å². The van der Waals surface area contributed by atoms with Gasteiger partial charge in [0.15, 0.2) is 0 Å². The van der Waals surface area contributed by atoms with Crippen LogP contribution >= 0.6 is 11.6 Å². The molecule has 0 aliphatic carbocycles. The van der Waals surface area contributed by atoms with Gasteiger partial charge in [-0.15, -0.1) is 0 Å². The largest absolute Gasteiger partial charge is 0.334 e. The Morgan fingerprint density at radius 2 is 1.81 bits per heavy atom. The van der Waals surface area contributed by atoms with E-state index >= 15 is 0 Å². The van der Waals surface area contributed by atoms with Crippen molar-refractivity contribution in [2.45, 2.75) is 31.6 Å². The average molecular weight is 461 g/mol. The molecule has 0 saturated carbocycles. The molecule has 0 atom stereocenters. The molecule has 10 heteroatoms. The number of amides is 1. The number of sulfonamides is 1. The molecule has 0 bridgehead atoms. The third-order valence-electron chi connectivity index (χ3n) is 5.18. The van der Waals surface area contributed by atoms with E-state index in [9.17, 15) is 13.2 Å². The Kier molecular flexibility index (Phi) is 5.72. The molecule has 0 spiro atoms. The van der Waals surface area contributed by atoms with E-state index in [1.165, 1.54) is 6.07 Å². The quantitative estimate of drug-likeness (QED) is 0.615. The molecular weight excluding hydrogens is 440 g/mol. The van der Waals surface area contributed by atoms with Crippen LogP contribution in [-0.4, -0.2) is 42.5 Å². The van der Waals surface area contributed by atoms with Gasteiger partial charge in [-0.05, 0) is 56.0 Å². The summed E-state index contributed by atoms with van der Waals surface area (Å²) in [7, 11) is -3.91. The Bertz CT molecular complexity index is 1250. The number of aryl methyl sites for hydroxylation is 2. The van der Waals surface area contributed by atoms with Crippen molar-refractivity contribution in [1.29, 1.82) is 0 Å². The Labute approximate surface area is 185 Å². The Hall–Kier alpha value is -2.91. The number of benzene rings is 2. The van der Waals surface area contributed by atoms with Gasteiger partial charge in [-0.25, -0.2) is 8.42 Å². The standard InChI is InChI=1S/C21H21ClN4O4S/c1-13-6-8-16(22)12-17(13)25-31(28,29)18-11-15(7-5-14(18)2)19-23-20(30-24-19)21(27)26-9-3-4-10-26/h5-8,11-12,25H,3-4,9-10H2,1-2H3. The summed E-state index contributed by atoms with van der Waals surface area (Å²) in [5.74, 6) is -0.262. The number of nitrogens with zero attached hydrogens (tertiary/aromatic N) is 3. The maximum Gasteiger partial charge on any atom is 0.316 e. The van der Waals surface area contributed by atoms with Crippen LogP contribution in [0.2, 0.25) is 5.02 Å². The fraction of sp³-hybridized carbons (Fsp3) is 0.286. The van der Waals surface area contributed by atoms with Gasteiger partial charge in [-0.1, -0.05) is 35.0 Å². The summed E-state index contributed by atoms with van der Waals surface area (Å²) in [6, 6.07) is 9.80. The highest BCUT2D eigenvalue weighted by molar-refractivity contribution is 7.92. The van der Waals surface area contributed by atoms with Crippen LogP contribution < -0.4 is 4.72 Å². The number of anilines is 1. The highest BCUT2D eigenvalue weighted by atomic mass is 35.5. The van der Waals surface area contributed by atoms with Gasteiger partial charge in [0.25, 0.3) is 10.0 Å². The summed E-state index contributed by atoms with van der Waals surface area (Å²) in [5.41, 5.74) is 2.12. The van der Waals surface area contributed by atoms with Gasteiger partial charge in [0.1, 0.15) is 0 Å². The summed E-state index contributed by atoms with van der Waals surface area (Å²) in [6.45, 7) is 4.81. The second-order valence-corrected chi connectivity index (χ2v) is 9.55. The van der Waals surface area contributed by atoms with E-state index in [-0.39, 0.29) is 22.5 Å². The summed E-state index contributed by atoms with van der Waals surface area (Å²) < 4.78 is 33.9. The molecular formula is C21H21ClN4O4S. The minimum absolute atomic E-state index is 0.0709.